The fourth-order valence-corrected chi connectivity index (χ4v) is 2.79. The molecule has 0 heterocycles. The lowest BCUT2D eigenvalue weighted by Gasteiger charge is -2.18. The molecule has 0 spiro atoms. The van der Waals surface area contributed by atoms with E-state index in [1.165, 1.54) is 39.3 Å². The van der Waals surface area contributed by atoms with E-state index in [4.69, 9.17) is 14.2 Å². The first-order valence-corrected chi connectivity index (χ1v) is 8.70. The Morgan fingerprint density at radius 2 is 1.90 bits per heavy atom. The van der Waals surface area contributed by atoms with E-state index in [-0.39, 0.29) is 16.8 Å². The third-order valence-corrected chi connectivity index (χ3v) is 4.34. The number of carbonyl (C=O) groups is 2. The molecule has 0 aliphatic rings. The Balaban J connectivity index is 2.02. The Hall–Kier alpha value is -3.62. The van der Waals surface area contributed by atoms with E-state index in [1.807, 2.05) is 0 Å². The molecule has 2 aromatic rings. The van der Waals surface area contributed by atoms with Crippen LogP contribution >= 0.6 is 0 Å². The van der Waals surface area contributed by atoms with Gasteiger partial charge in [-0.3, -0.25) is 14.9 Å². The van der Waals surface area contributed by atoms with Gasteiger partial charge in [0.05, 0.1) is 30.7 Å². The highest BCUT2D eigenvalue weighted by Gasteiger charge is 2.21. The maximum atomic E-state index is 12.2. The minimum absolute atomic E-state index is 0.0366. The summed E-state index contributed by atoms with van der Waals surface area (Å²) in [6.07, 6.45) is 0. The smallest absolute Gasteiger partial charge is 0.339 e. The molecule has 154 valence electrons. The molecule has 1 atom stereocenters. The number of methoxy groups -OCH3 is 2. The van der Waals surface area contributed by atoms with Crippen molar-refractivity contribution in [1.29, 1.82) is 0 Å². The number of carbonyl (C=O) groups excluding carboxylic acids is 2. The Labute approximate surface area is 167 Å². The minimum Gasteiger partial charge on any atom is -0.497 e. The zero-order valence-electron chi connectivity index (χ0n) is 16.6. The van der Waals surface area contributed by atoms with Crippen molar-refractivity contribution < 1.29 is 28.7 Å². The fraction of sp³-hybridized carbons (Fsp3) is 0.300. The van der Waals surface area contributed by atoms with Crippen LogP contribution in [-0.4, -0.2) is 37.6 Å². The number of nitrogens with zero attached hydrogens (tertiary/aromatic N) is 1. The van der Waals surface area contributed by atoms with E-state index in [0.717, 1.165) is 0 Å². The van der Waals surface area contributed by atoms with Crippen molar-refractivity contribution in [2.45, 2.75) is 19.9 Å². The average molecular weight is 402 g/mol. The van der Waals surface area contributed by atoms with Crippen LogP contribution in [0.4, 0.5) is 5.69 Å². The molecule has 29 heavy (non-hydrogen) atoms. The van der Waals surface area contributed by atoms with E-state index < -0.39 is 29.4 Å². The second-order valence-corrected chi connectivity index (χ2v) is 6.18. The normalized spacial score (nSPS) is 11.3. The van der Waals surface area contributed by atoms with Crippen LogP contribution in [0, 0.1) is 17.0 Å². The quantitative estimate of drug-likeness (QED) is 0.410. The molecule has 0 saturated carbocycles. The number of hydrogen-bond donors (Lipinski definition) is 1. The highest BCUT2D eigenvalue weighted by molar-refractivity contribution is 5.93. The van der Waals surface area contributed by atoms with E-state index in [9.17, 15) is 19.7 Å². The number of nitrogens with one attached hydrogen (secondary N) is 1. The van der Waals surface area contributed by atoms with Gasteiger partial charge >= 0.3 is 5.97 Å². The third kappa shape index (κ3) is 5.22. The summed E-state index contributed by atoms with van der Waals surface area (Å²) in [7, 11) is 3.05. The van der Waals surface area contributed by atoms with Gasteiger partial charge in [-0.15, -0.1) is 0 Å². The first kappa shape index (κ1) is 21.7. The molecule has 0 unspecified atom stereocenters. The van der Waals surface area contributed by atoms with Crippen LogP contribution < -0.4 is 14.8 Å². The summed E-state index contributed by atoms with van der Waals surface area (Å²) in [5.74, 6) is -0.163. The molecule has 0 fully saturated rings. The van der Waals surface area contributed by atoms with E-state index in [1.54, 1.807) is 25.1 Å². The van der Waals surface area contributed by atoms with Crippen molar-refractivity contribution in [3.05, 3.63) is 63.2 Å². The molecule has 0 aliphatic carbocycles. The van der Waals surface area contributed by atoms with Crippen LogP contribution in [0.1, 0.15) is 34.5 Å². The number of nitro groups is 1. The van der Waals surface area contributed by atoms with Crippen LogP contribution in [0.25, 0.3) is 0 Å². The third-order valence-electron chi connectivity index (χ3n) is 4.34. The molecule has 1 amide bonds. The first-order valence-electron chi connectivity index (χ1n) is 8.70. The second-order valence-electron chi connectivity index (χ2n) is 6.18. The van der Waals surface area contributed by atoms with Gasteiger partial charge in [0.25, 0.3) is 11.6 Å². The van der Waals surface area contributed by atoms with E-state index in [0.29, 0.717) is 17.1 Å². The molecule has 0 saturated heterocycles. The number of hydrogen-bond acceptors (Lipinski definition) is 7. The lowest BCUT2D eigenvalue weighted by molar-refractivity contribution is -0.385. The number of esters is 1. The van der Waals surface area contributed by atoms with Crippen molar-refractivity contribution in [2.75, 3.05) is 20.8 Å². The maximum absolute atomic E-state index is 12.2. The summed E-state index contributed by atoms with van der Waals surface area (Å²) >= 11 is 0. The van der Waals surface area contributed by atoms with Crippen molar-refractivity contribution in [2.24, 2.45) is 0 Å². The monoisotopic (exact) mass is 402 g/mol. The molecule has 9 heteroatoms. The highest BCUT2D eigenvalue weighted by Crippen LogP contribution is 2.29. The van der Waals surface area contributed by atoms with Crippen molar-refractivity contribution in [3.63, 3.8) is 0 Å². The Morgan fingerprint density at radius 1 is 1.17 bits per heavy atom. The summed E-state index contributed by atoms with van der Waals surface area (Å²) in [5.41, 5.74) is 0.718. The molecule has 9 nitrogen and oxygen atoms in total. The average Bonchev–Trinajstić information content (AvgIpc) is 2.71. The van der Waals surface area contributed by atoms with Crippen LogP contribution in [0.5, 0.6) is 11.5 Å². The molecule has 0 radical (unpaired) electrons. The predicted molar refractivity (Wildman–Crippen MR) is 104 cm³/mol. The molecular formula is C20H22N2O7. The summed E-state index contributed by atoms with van der Waals surface area (Å²) in [5, 5.41) is 13.7. The zero-order valence-corrected chi connectivity index (χ0v) is 16.6. The van der Waals surface area contributed by atoms with Gasteiger partial charge in [0.2, 0.25) is 0 Å². The number of benzene rings is 2. The minimum atomic E-state index is -0.812. The van der Waals surface area contributed by atoms with Crippen molar-refractivity contribution in [3.8, 4) is 11.5 Å². The van der Waals surface area contributed by atoms with Gasteiger partial charge in [0.15, 0.2) is 6.61 Å². The van der Waals surface area contributed by atoms with Crippen molar-refractivity contribution in [1.82, 2.24) is 5.32 Å². The maximum Gasteiger partial charge on any atom is 0.339 e. The van der Waals surface area contributed by atoms with Crippen LogP contribution in [0.2, 0.25) is 0 Å². The Morgan fingerprint density at radius 3 is 2.52 bits per heavy atom. The fourth-order valence-electron chi connectivity index (χ4n) is 2.79. The Kier molecular flexibility index (Phi) is 7.13. The highest BCUT2D eigenvalue weighted by atomic mass is 16.6. The summed E-state index contributed by atoms with van der Waals surface area (Å²) in [6.45, 7) is 2.67. The van der Waals surface area contributed by atoms with Gasteiger partial charge in [0.1, 0.15) is 11.5 Å². The molecular weight excluding hydrogens is 380 g/mol. The summed E-state index contributed by atoms with van der Waals surface area (Å²) in [6, 6.07) is 8.85. The first-order chi connectivity index (χ1) is 13.8. The molecule has 0 bridgehead atoms. The molecule has 1 N–H and O–H groups in total. The van der Waals surface area contributed by atoms with Gasteiger partial charge in [0, 0.05) is 17.2 Å². The number of rotatable bonds is 8. The van der Waals surface area contributed by atoms with Gasteiger partial charge in [-0.1, -0.05) is 6.07 Å². The zero-order chi connectivity index (χ0) is 21.6. The largest absolute Gasteiger partial charge is 0.497 e. The van der Waals surface area contributed by atoms with Crippen molar-refractivity contribution >= 4 is 17.6 Å². The van der Waals surface area contributed by atoms with Gasteiger partial charge in [-0.05, 0) is 38.1 Å². The van der Waals surface area contributed by atoms with E-state index in [2.05, 4.69) is 5.32 Å². The number of nitro benzene ring substituents is 1. The molecule has 2 aromatic carbocycles. The van der Waals surface area contributed by atoms with Crippen LogP contribution in [0.15, 0.2) is 36.4 Å². The van der Waals surface area contributed by atoms with E-state index >= 15 is 0 Å². The van der Waals surface area contributed by atoms with Gasteiger partial charge in [-0.25, -0.2) is 4.79 Å². The van der Waals surface area contributed by atoms with Crippen LogP contribution in [-0.2, 0) is 9.53 Å². The summed E-state index contributed by atoms with van der Waals surface area (Å²) in [4.78, 5) is 34.8. The number of ether oxygens (including phenoxy) is 3. The number of amides is 1. The predicted octanol–water partition coefficient (Wildman–Crippen LogP) is 2.95. The topological polar surface area (TPSA) is 117 Å². The Bertz CT molecular complexity index is 927. The SMILES string of the molecule is COc1ccc(OC)c([C@@H](C)NC(=O)COC(=O)c2cccc([N+](=O)[O-])c2C)c1. The molecule has 2 rings (SSSR count). The second kappa shape index (κ2) is 9.54. The lowest BCUT2D eigenvalue weighted by atomic mass is 10.1. The van der Waals surface area contributed by atoms with Gasteiger partial charge in [-0.2, -0.15) is 0 Å². The van der Waals surface area contributed by atoms with Crippen LogP contribution in [0.3, 0.4) is 0 Å². The molecule has 0 aromatic heterocycles. The molecule has 0 aliphatic heterocycles. The lowest BCUT2D eigenvalue weighted by Crippen LogP contribution is -2.31. The standard InChI is InChI=1S/C20H22N2O7/c1-12-15(6-5-7-17(12)22(25)26)20(24)29-11-19(23)21-13(2)16-10-14(27-3)8-9-18(16)28-4/h5-10,13H,11H2,1-4H3,(H,21,23)/t13-/m1/s1. The summed E-state index contributed by atoms with van der Waals surface area (Å²) < 4.78 is 15.5. The van der Waals surface area contributed by atoms with Gasteiger partial charge < -0.3 is 19.5 Å².